The summed E-state index contributed by atoms with van der Waals surface area (Å²) in [6, 6.07) is 14.6. The number of hydrogen-bond acceptors (Lipinski definition) is 4. The largest absolute Gasteiger partial charge is 0.496 e. The van der Waals surface area contributed by atoms with E-state index in [9.17, 15) is 27.6 Å². The molecule has 1 atom stereocenters. The van der Waals surface area contributed by atoms with Crippen molar-refractivity contribution in [1.82, 2.24) is 10.2 Å². The van der Waals surface area contributed by atoms with Crippen LogP contribution in [0.5, 0.6) is 5.75 Å². The molecular weight excluding hydrogens is 437 g/mol. The molecule has 6 nitrogen and oxygen atoms in total. The van der Waals surface area contributed by atoms with Crippen LogP contribution in [-0.2, 0) is 16.0 Å². The van der Waals surface area contributed by atoms with Crippen molar-refractivity contribution < 1.29 is 32.3 Å². The van der Waals surface area contributed by atoms with Crippen molar-refractivity contribution in [3.63, 3.8) is 0 Å². The quantitative estimate of drug-likeness (QED) is 0.684. The van der Waals surface area contributed by atoms with Gasteiger partial charge in [-0.05, 0) is 38.0 Å². The predicted molar refractivity (Wildman–Crippen MR) is 114 cm³/mol. The molecule has 0 fully saturated rings. The highest BCUT2D eigenvalue weighted by Crippen LogP contribution is 2.45. The van der Waals surface area contributed by atoms with Crippen molar-refractivity contribution in [1.29, 1.82) is 0 Å². The molecule has 0 aromatic heterocycles. The van der Waals surface area contributed by atoms with Gasteiger partial charge in [0, 0.05) is 12.2 Å². The molecular formula is C24H23F3N2O4. The van der Waals surface area contributed by atoms with Gasteiger partial charge in [0.2, 0.25) is 5.54 Å². The maximum atomic E-state index is 14.6. The number of carbonyl (C=O) groups excluding carboxylic acids is 3. The zero-order chi connectivity index (χ0) is 24.4. The molecule has 2 aromatic rings. The first-order valence-corrected chi connectivity index (χ1v) is 10.1. The molecule has 1 aliphatic rings. The van der Waals surface area contributed by atoms with Crippen LogP contribution >= 0.6 is 0 Å². The zero-order valence-corrected chi connectivity index (χ0v) is 18.3. The van der Waals surface area contributed by atoms with Gasteiger partial charge in [-0.25, -0.2) is 0 Å². The zero-order valence-electron chi connectivity index (χ0n) is 18.3. The van der Waals surface area contributed by atoms with E-state index in [1.54, 1.807) is 36.4 Å². The van der Waals surface area contributed by atoms with E-state index in [2.05, 4.69) is 0 Å². The molecule has 2 aromatic carbocycles. The second kappa shape index (κ2) is 9.09. The Balaban J connectivity index is 2.06. The Kier molecular flexibility index (Phi) is 6.62. The number of ether oxygens (including phenoxy) is 1. The fraction of sp³-hybridized carbons (Fsp3) is 0.292. The van der Waals surface area contributed by atoms with Crippen LogP contribution in [0.25, 0.3) is 0 Å². The molecule has 9 heteroatoms. The van der Waals surface area contributed by atoms with E-state index in [0.29, 0.717) is 0 Å². The van der Waals surface area contributed by atoms with Crippen LogP contribution in [0.2, 0.25) is 0 Å². The lowest BCUT2D eigenvalue weighted by Gasteiger charge is -2.33. The summed E-state index contributed by atoms with van der Waals surface area (Å²) in [5.74, 6) is -3.53. The summed E-state index contributed by atoms with van der Waals surface area (Å²) >= 11 is 0. The molecule has 0 bridgehead atoms. The van der Waals surface area contributed by atoms with Crippen LogP contribution in [0.1, 0.15) is 29.8 Å². The minimum absolute atomic E-state index is 0.0313. The van der Waals surface area contributed by atoms with Gasteiger partial charge in [-0.3, -0.25) is 14.4 Å². The van der Waals surface area contributed by atoms with Gasteiger partial charge in [-0.2, -0.15) is 13.2 Å². The molecule has 0 saturated heterocycles. The Labute approximate surface area is 189 Å². The van der Waals surface area contributed by atoms with Gasteiger partial charge >= 0.3 is 6.18 Å². The third kappa shape index (κ3) is 4.22. The van der Waals surface area contributed by atoms with Gasteiger partial charge in [0.15, 0.2) is 5.78 Å². The number of allylic oxidation sites excluding steroid dienone is 1. The summed E-state index contributed by atoms with van der Waals surface area (Å²) in [6.45, 7) is 2.14. The van der Waals surface area contributed by atoms with Gasteiger partial charge < -0.3 is 15.0 Å². The SMILES string of the molecule is COc1ccccc1C(=O)N[C@]1(C(F)(F)F)C(=O)N(CCc2ccccc2)C(C)=C1C(C)=O. The smallest absolute Gasteiger partial charge is 0.425 e. The van der Waals surface area contributed by atoms with Crippen LogP contribution < -0.4 is 10.1 Å². The number of nitrogens with zero attached hydrogens (tertiary/aromatic N) is 1. The van der Waals surface area contributed by atoms with Crippen LogP contribution in [0.4, 0.5) is 13.2 Å². The van der Waals surface area contributed by atoms with Gasteiger partial charge in [0.1, 0.15) is 5.75 Å². The molecule has 0 radical (unpaired) electrons. The van der Waals surface area contributed by atoms with Gasteiger partial charge in [0.05, 0.1) is 18.2 Å². The van der Waals surface area contributed by atoms with E-state index < -0.39 is 34.9 Å². The number of nitrogens with one attached hydrogen (secondary N) is 1. The highest BCUT2D eigenvalue weighted by Gasteiger charge is 2.69. The summed E-state index contributed by atoms with van der Waals surface area (Å²) in [5, 5.41) is 1.85. The minimum atomic E-state index is -5.27. The number of carbonyl (C=O) groups is 3. The average Bonchev–Trinajstić information content (AvgIpc) is 2.99. The van der Waals surface area contributed by atoms with Crippen molar-refractivity contribution >= 4 is 17.6 Å². The van der Waals surface area contributed by atoms with E-state index in [4.69, 9.17) is 4.74 Å². The van der Waals surface area contributed by atoms with E-state index in [1.165, 1.54) is 32.2 Å². The number of Topliss-reactive ketones (excluding diaryl/α,β-unsaturated/α-hetero) is 1. The Hall–Kier alpha value is -3.62. The second-order valence-electron chi connectivity index (χ2n) is 7.61. The number of alkyl halides is 3. The summed E-state index contributed by atoms with van der Waals surface area (Å²) < 4.78 is 48.8. The summed E-state index contributed by atoms with van der Waals surface area (Å²) in [7, 11) is 1.27. The molecule has 0 spiro atoms. The number of ketones is 1. The van der Waals surface area contributed by atoms with Gasteiger partial charge in [-0.1, -0.05) is 42.5 Å². The lowest BCUT2D eigenvalue weighted by Crippen LogP contribution is -2.66. The van der Waals surface area contributed by atoms with Crippen molar-refractivity contribution in [3.05, 3.63) is 77.0 Å². The van der Waals surface area contributed by atoms with Crippen molar-refractivity contribution in [2.24, 2.45) is 0 Å². The summed E-state index contributed by atoms with van der Waals surface area (Å²) in [5.41, 5.74) is -3.82. The molecule has 1 N–H and O–H groups in total. The fourth-order valence-corrected chi connectivity index (χ4v) is 4.06. The normalized spacial score (nSPS) is 18.5. The maximum absolute atomic E-state index is 14.6. The third-order valence-electron chi connectivity index (χ3n) is 5.60. The number of methoxy groups -OCH3 is 1. The number of amides is 2. The Morgan fingerprint density at radius 3 is 2.24 bits per heavy atom. The number of para-hydroxylation sites is 1. The third-order valence-corrected chi connectivity index (χ3v) is 5.60. The molecule has 1 aliphatic heterocycles. The van der Waals surface area contributed by atoms with Crippen molar-refractivity contribution in [2.75, 3.05) is 13.7 Å². The predicted octanol–water partition coefficient (Wildman–Crippen LogP) is 3.67. The number of benzene rings is 2. The molecule has 2 amide bonds. The minimum Gasteiger partial charge on any atom is -0.496 e. The molecule has 174 valence electrons. The standard InChI is InChI=1S/C24H23F3N2O4/c1-15-20(16(2)30)23(24(25,26)27,28-21(31)18-11-7-8-12-19(18)33-3)22(32)29(15)14-13-17-9-5-4-6-10-17/h4-12H,13-14H2,1-3H3,(H,28,31)/t23-/m0/s1. The summed E-state index contributed by atoms with van der Waals surface area (Å²) in [4.78, 5) is 39.6. The summed E-state index contributed by atoms with van der Waals surface area (Å²) in [6.07, 6.45) is -5.00. The van der Waals surface area contributed by atoms with Gasteiger partial charge in [-0.15, -0.1) is 0 Å². The Morgan fingerprint density at radius 1 is 1.06 bits per heavy atom. The fourth-order valence-electron chi connectivity index (χ4n) is 4.06. The van der Waals surface area contributed by atoms with Crippen LogP contribution in [-0.4, -0.2) is 47.9 Å². The van der Waals surface area contributed by atoms with E-state index in [1.807, 2.05) is 5.32 Å². The highest BCUT2D eigenvalue weighted by molar-refractivity contribution is 6.13. The molecule has 0 unspecified atom stereocenters. The van der Waals surface area contributed by atoms with Crippen LogP contribution in [0.3, 0.4) is 0 Å². The van der Waals surface area contributed by atoms with E-state index >= 15 is 0 Å². The molecule has 33 heavy (non-hydrogen) atoms. The Bertz CT molecular complexity index is 1110. The van der Waals surface area contributed by atoms with Crippen LogP contribution in [0.15, 0.2) is 65.9 Å². The molecule has 0 aliphatic carbocycles. The molecule has 1 heterocycles. The number of halogens is 3. The maximum Gasteiger partial charge on any atom is 0.425 e. The lowest BCUT2D eigenvalue weighted by molar-refractivity contribution is -0.190. The monoisotopic (exact) mass is 460 g/mol. The lowest BCUT2D eigenvalue weighted by atomic mass is 9.86. The van der Waals surface area contributed by atoms with E-state index in [-0.39, 0.29) is 30.0 Å². The second-order valence-corrected chi connectivity index (χ2v) is 7.61. The molecule has 3 rings (SSSR count). The van der Waals surface area contributed by atoms with E-state index in [0.717, 1.165) is 17.4 Å². The average molecular weight is 460 g/mol. The van der Waals surface area contributed by atoms with Crippen LogP contribution in [0, 0.1) is 0 Å². The first-order chi connectivity index (χ1) is 15.5. The number of hydrogen-bond donors (Lipinski definition) is 1. The topological polar surface area (TPSA) is 75.7 Å². The van der Waals surface area contributed by atoms with Crippen molar-refractivity contribution in [2.45, 2.75) is 32.0 Å². The first kappa shape index (κ1) is 24.0. The Morgan fingerprint density at radius 2 is 1.67 bits per heavy atom. The number of rotatable bonds is 7. The molecule has 0 saturated carbocycles. The first-order valence-electron chi connectivity index (χ1n) is 10.1. The van der Waals surface area contributed by atoms with Crippen molar-refractivity contribution in [3.8, 4) is 5.75 Å². The van der Waals surface area contributed by atoms with Gasteiger partial charge in [0.25, 0.3) is 11.8 Å². The highest BCUT2D eigenvalue weighted by atomic mass is 19.4.